The zero-order chi connectivity index (χ0) is 14.9. The third kappa shape index (κ3) is 2.84. The zero-order valence-electron chi connectivity index (χ0n) is 13.3. The average molecular weight is 285 g/mol. The fourth-order valence-corrected chi connectivity index (χ4v) is 3.74. The maximum absolute atomic E-state index is 6.70. The third-order valence-corrected chi connectivity index (χ3v) is 5.23. The number of rotatable bonds is 4. The average Bonchev–Trinajstić information content (AvgIpc) is 2.86. The van der Waals surface area contributed by atoms with Crippen molar-refractivity contribution < 1.29 is 0 Å². The van der Waals surface area contributed by atoms with E-state index < -0.39 is 0 Å². The van der Waals surface area contributed by atoms with Gasteiger partial charge in [-0.25, -0.2) is 0 Å². The number of fused-ring (bicyclic) bond motifs is 1. The molecule has 0 saturated heterocycles. The van der Waals surface area contributed by atoms with Gasteiger partial charge in [-0.1, -0.05) is 31.5 Å². The van der Waals surface area contributed by atoms with E-state index in [4.69, 9.17) is 10.8 Å². The molecule has 0 bridgehead atoms. The molecule has 1 aromatic carbocycles. The van der Waals surface area contributed by atoms with Gasteiger partial charge in [-0.05, 0) is 44.6 Å². The molecule has 3 rings (SSSR count). The molecule has 0 amide bonds. The summed E-state index contributed by atoms with van der Waals surface area (Å²) in [6.45, 7) is 5.36. The molecule has 0 spiro atoms. The smallest absolute Gasteiger partial charge is 0.0721 e. The summed E-state index contributed by atoms with van der Waals surface area (Å²) in [5, 5.41) is 6.10. The Kier molecular flexibility index (Phi) is 4.03. The van der Waals surface area contributed by atoms with E-state index in [-0.39, 0.29) is 5.54 Å². The number of aryl methyl sites for hydroxylation is 1. The molecule has 1 aromatic heterocycles. The van der Waals surface area contributed by atoms with Crippen molar-refractivity contribution in [3.05, 3.63) is 30.0 Å². The molecular weight excluding hydrogens is 258 g/mol. The van der Waals surface area contributed by atoms with Gasteiger partial charge in [0.15, 0.2) is 0 Å². The first-order valence-corrected chi connectivity index (χ1v) is 8.38. The van der Waals surface area contributed by atoms with Gasteiger partial charge in [0.25, 0.3) is 0 Å². The first-order valence-electron chi connectivity index (χ1n) is 8.38. The molecule has 21 heavy (non-hydrogen) atoms. The van der Waals surface area contributed by atoms with Crippen molar-refractivity contribution >= 4 is 10.9 Å². The summed E-state index contributed by atoms with van der Waals surface area (Å²) in [7, 11) is 0. The number of para-hydroxylation sites is 1. The number of aromatic nitrogens is 2. The molecule has 1 aliphatic rings. The molecule has 0 radical (unpaired) electrons. The first kappa shape index (κ1) is 14.6. The highest BCUT2D eigenvalue weighted by Crippen LogP contribution is 2.35. The van der Waals surface area contributed by atoms with Gasteiger partial charge in [-0.15, -0.1) is 0 Å². The van der Waals surface area contributed by atoms with Crippen LogP contribution in [0.2, 0.25) is 0 Å². The molecule has 114 valence electrons. The third-order valence-electron chi connectivity index (χ3n) is 5.23. The van der Waals surface area contributed by atoms with Crippen LogP contribution < -0.4 is 5.73 Å². The number of nitrogens with two attached hydrogens (primary N) is 1. The number of hydrogen-bond donors (Lipinski definition) is 1. The molecular formula is C18H27N3. The summed E-state index contributed by atoms with van der Waals surface area (Å²) < 4.78 is 2.10. The fourth-order valence-electron chi connectivity index (χ4n) is 3.74. The SMILES string of the molecule is CCC1CCC(N)(Cc2nn(CC)c3ccccc23)CC1. The minimum atomic E-state index is -0.0542. The van der Waals surface area contributed by atoms with Crippen LogP contribution in [0, 0.1) is 5.92 Å². The molecule has 1 fully saturated rings. The minimum absolute atomic E-state index is 0.0542. The highest BCUT2D eigenvalue weighted by Gasteiger charge is 2.32. The quantitative estimate of drug-likeness (QED) is 0.926. The molecule has 1 saturated carbocycles. The topological polar surface area (TPSA) is 43.8 Å². The molecule has 1 heterocycles. The van der Waals surface area contributed by atoms with Gasteiger partial charge in [0.2, 0.25) is 0 Å². The lowest BCUT2D eigenvalue weighted by atomic mass is 9.74. The van der Waals surface area contributed by atoms with Crippen molar-refractivity contribution in [2.45, 2.75) is 64.5 Å². The summed E-state index contributed by atoms with van der Waals surface area (Å²) in [6.07, 6.45) is 7.04. The maximum atomic E-state index is 6.70. The van der Waals surface area contributed by atoms with Gasteiger partial charge in [0, 0.05) is 23.9 Å². The first-order chi connectivity index (χ1) is 10.1. The van der Waals surface area contributed by atoms with Crippen molar-refractivity contribution in [2.24, 2.45) is 11.7 Å². The summed E-state index contributed by atoms with van der Waals surface area (Å²) in [4.78, 5) is 0. The van der Waals surface area contributed by atoms with Crippen LogP contribution in [0.15, 0.2) is 24.3 Å². The summed E-state index contributed by atoms with van der Waals surface area (Å²) in [5.41, 5.74) is 9.07. The van der Waals surface area contributed by atoms with Crippen molar-refractivity contribution in [2.75, 3.05) is 0 Å². The summed E-state index contributed by atoms with van der Waals surface area (Å²) in [5.74, 6) is 0.881. The molecule has 0 atom stereocenters. The van der Waals surface area contributed by atoms with Crippen molar-refractivity contribution in [3.63, 3.8) is 0 Å². The van der Waals surface area contributed by atoms with Crippen molar-refractivity contribution in [1.82, 2.24) is 9.78 Å². The van der Waals surface area contributed by atoms with E-state index in [2.05, 4.69) is 42.8 Å². The second-order valence-electron chi connectivity index (χ2n) is 6.67. The summed E-state index contributed by atoms with van der Waals surface area (Å²) >= 11 is 0. The monoisotopic (exact) mass is 285 g/mol. The number of hydrogen-bond acceptors (Lipinski definition) is 2. The highest BCUT2D eigenvalue weighted by atomic mass is 15.3. The zero-order valence-corrected chi connectivity index (χ0v) is 13.3. The predicted molar refractivity (Wildman–Crippen MR) is 88.3 cm³/mol. The molecule has 0 aliphatic heterocycles. The largest absolute Gasteiger partial charge is 0.325 e. The van der Waals surface area contributed by atoms with Crippen LogP contribution in [0.1, 0.15) is 51.6 Å². The van der Waals surface area contributed by atoms with Crippen LogP contribution in [0.5, 0.6) is 0 Å². The number of benzene rings is 1. The lowest BCUT2D eigenvalue weighted by molar-refractivity contribution is 0.227. The molecule has 3 nitrogen and oxygen atoms in total. The summed E-state index contributed by atoms with van der Waals surface area (Å²) in [6, 6.07) is 8.53. The minimum Gasteiger partial charge on any atom is -0.325 e. The van der Waals surface area contributed by atoms with Crippen LogP contribution in [0.4, 0.5) is 0 Å². The Morgan fingerprint density at radius 2 is 1.95 bits per heavy atom. The Morgan fingerprint density at radius 3 is 2.62 bits per heavy atom. The fraction of sp³-hybridized carbons (Fsp3) is 0.611. The van der Waals surface area contributed by atoms with Crippen LogP contribution in [0.3, 0.4) is 0 Å². The number of nitrogens with zero attached hydrogens (tertiary/aromatic N) is 2. The van der Waals surface area contributed by atoms with Crippen molar-refractivity contribution in [1.29, 1.82) is 0 Å². The molecule has 0 unspecified atom stereocenters. The van der Waals surface area contributed by atoms with E-state index in [0.29, 0.717) is 0 Å². The lowest BCUT2D eigenvalue weighted by Gasteiger charge is -2.36. The van der Waals surface area contributed by atoms with E-state index in [1.54, 1.807) is 0 Å². The Balaban J connectivity index is 1.85. The van der Waals surface area contributed by atoms with Gasteiger partial charge < -0.3 is 5.73 Å². The van der Waals surface area contributed by atoms with Crippen LogP contribution in [-0.4, -0.2) is 15.3 Å². The second-order valence-corrected chi connectivity index (χ2v) is 6.67. The van der Waals surface area contributed by atoms with Crippen LogP contribution in [-0.2, 0) is 13.0 Å². The van der Waals surface area contributed by atoms with Gasteiger partial charge in [-0.3, -0.25) is 4.68 Å². The Hall–Kier alpha value is -1.35. The Labute approximate surface area is 127 Å². The molecule has 2 N–H and O–H groups in total. The van der Waals surface area contributed by atoms with E-state index >= 15 is 0 Å². The lowest BCUT2D eigenvalue weighted by Crippen LogP contribution is -2.45. The second kappa shape index (κ2) is 5.80. The Bertz CT molecular complexity index is 606. The van der Waals surface area contributed by atoms with E-state index in [1.165, 1.54) is 35.9 Å². The Morgan fingerprint density at radius 1 is 1.24 bits per heavy atom. The molecule has 2 aromatic rings. The van der Waals surface area contributed by atoms with Crippen LogP contribution >= 0.6 is 0 Å². The predicted octanol–water partition coefficient (Wildman–Crippen LogP) is 3.90. The van der Waals surface area contributed by atoms with Gasteiger partial charge >= 0.3 is 0 Å². The molecule has 3 heteroatoms. The molecule has 1 aliphatic carbocycles. The van der Waals surface area contributed by atoms with Crippen molar-refractivity contribution in [3.8, 4) is 0 Å². The van der Waals surface area contributed by atoms with Crippen LogP contribution in [0.25, 0.3) is 10.9 Å². The van der Waals surface area contributed by atoms with E-state index in [0.717, 1.165) is 31.7 Å². The highest BCUT2D eigenvalue weighted by molar-refractivity contribution is 5.82. The van der Waals surface area contributed by atoms with Gasteiger partial charge in [0.05, 0.1) is 11.2 Å². The normalized spacial score (nSPS) is 26.3. The van der Waals surface area contributed by atoms with Gasteiger partial charge in [0.1, 0.15) is 0 Å². The van der Waals surface area contributed by atoms with E-state index in [1.807, 2.05) is 0 Å². The standard InChI is InChI=1S/C18H27N3/c1-3-14-9-11-18(19,12-10-14)13-16-15-7-5-6-8-17(15)21(4-2)20-16/h5-8,14H,3-4,9-13,19H2,1-2H3. The maximum Gasteiger partial charge on any atom is 0.0721 e. The van der Waals surface area contributed by atoms with Gasteiger partial charge in [-0.2, -0.15) is 5.10 Å². The van der Waals surface area contributed by atoms with E-state index in [9.17, 15) is 0 Å².